The number of aromatic nitrogens is 1. The molecule has 23 heavy (non-hydrogen) atoms. The van der Waals surface area contributed by atoms with E-state index >= 15 is 0 Å². The number of rotatable bonds is 5. The third-order valence-corrected chi connectivity index (χ3v) is 4.88. The normalized spacial score (nSPS) is 14.8. The van der Waals surface area contributed by atoms with Crippen molar-refractivity contribution in [3.8, 4) is 5.75 Å². The van der Waals surface area contributed by atoms with Crippen LogP contribution in [0.3, 0.4) is 0 Å². The molecule has 0 bridgehead atoms. The summed E-state index contributed by atoms with van der Waals surface area (Å²) in [6, 6.07) is 7.42. The molecule has 1 aromatic heterocycles. The molecule has 0 atom stereocenters. The standard InChI is InChI=1S/C17H20N2O3S/c1-12-11-23-17(21)19(12)10-16(20)18-13-5-4-8-15(9-13)22-14-6-2-3-7-14/h4-5,8-9,11,14H,2-3,6-7,10H2,1H3,(H,18,20). The van der Waals surface area contributed by atoms with Gasteiger partial charge in [0, 0.05) is 22.8 Å². The minimum atomic E-state index is -0.216. The van der Waals surface area contributed by atoms with Crippen LogP contribution >= 0.6 is 11.3 Å². The maximum atomic E-state index is 12.1. The Morgan fingerprint density at radius 2 is 2.17 bits per heavy atom. The van der Waals surface area contributed by atoms with Crippen molar-refractivity contribution in [2.24, 2.45) is 0 Å². The Balaban J connectivity index is 1.63. The summed E-state index contributed by atoms with van der Waals surface area (Å²) in [5, 5.41) is 4.58. The number of hydrogen-bond donors (Lipinski definition) is 1. The van der Waals surface area contributed by atoms with Crippen molar-refractivity contribution in [3.05, 3.63) is 45.0 Å². The molecule has 122 valence electrons. The molecule has 0 saturated heterocycles. The van der Waals surface area contributed by atoms with Gasteiger partial charge < -0.3 is 10.1 Å². The molecule has 1 saturated carbocycles. The Morgan fingerprint density at radius 3 is 2.87 bits per heavy atom. The molecule has 0 spiro atoms. The highest BCUT2D eigenvalue weighted by Gasteiger charge is 2.16. The molecule has 1 aliphatic rings. The number of thiazole rings is 1. The molecular weight excluding hydrogens is 312 g/mol. The second-order valence-electron chi connectivity index (χ2n) is 5.83. The first-order valence-electron chi connectivity index (χ1n) is 7.83. The maximum absolute atomic E-state index is 12.1. The van der Waals surface area contributed by atoms with Crippen LogP contribution in [-0.2, 0) is 11.3 Å². The number of nitrogens with one attached hydrogen (secondary N) is 1. The van der Waals surface area contributed by atoms with Gasteiger partial charge in [0.25, 0.3) is 0 Å². The molecule has 1 amide bonds. The largest absolute Gasteiger partial charge is 0.490 e. The van der Waals surface area contributed by atoms with Gasteiger partial charge in [-0.15, -0.1) is 0 Å². The van der Waals surface area contributed by atoms with Crippen LogP contribution in [0.15, 0.2) is 34.4 Å². The first-order chi connectivity index (χ1) is 11.1. The third-order valence-electron chi connectivity index (χ3n) is 4.00. The molecule has 2 aromatic rings. The smallest absolute Gasteiger partial charge is 0.307 e. The Labute approximate surface area is 138 Å². The summed E-state index contributed by atoms with van der Waals surface area (Å²) >= 11 is 1.11. The number of carbonyl (C=O) groups is 1. The molecule has 6 heteroatoms. The van der Waals surface area contributed by atoms with Crippen LogP contribution in [0.4, 0.5) is 5.69 Å². The summed E-state index contributed by atoms with van der Waals surface area (Å²) in [6.45, 7) is 1.85. The first-order valence-corrected chi connectivity index (χ1v) is 8.71. The SMILES string of the molecule is Cc1csc(=O)n1CC(=O)Nc1cccc(OC2CCCC2)c1. The lowest BCUT2D eigenvalue weighted by Gasteiger charge is -2.14. The number of hydrogen-bond acceptors (Lipinski definition) is 4. The Bertz CT molecular complexity index is 744. The third kappa shape index (κ3) is 4.01. The van der Waals surface area contributed by atoms with Crippen LogP contribution in [0.25, 0.3) is 0 Å². The van der Waals surface area contributed by atoms with Crippen molar-refractivity contribution < 1.29 is 9.53 Å². The summed E-state index contributed by atoms with van der Waals surface area (Å²) in [6.07, 6.45) is 4.91. The summed E-state index contributed by atoms with van der Waals surface area (Å²) < 4.78 is 7.41. The van der Waals surface area contributed by atoms with Crippen molar-refractivity contribution >= 4 is 22.9 Å². The van der Waals surface area contributed by atoms with Crippen LogP contribution in [0, 0.1) is 6.92 Å². The molecule has 1 aliphatic carbocycles. The van der Waals surface area contributed by atoms with Gasteiger partial charge >= 0.3 is 4.87 Å². The molecule has 5 nitrogen and oxygen atoms in total. The van der Waals surface area contributed by atoms with Crippen molar-refractivity contribution in [2.45, 2.75) is 45.3 Å². The minimum absolute atomic E-state index is 0.0296. The predicted molar refractivity (Wildman–Crippen MR) is 91.3 cm³/mol. The Kier molecular flexibility index (Phi) is 4.81. The van der Waals surface area contributed by atoms with Crippen LogP contribution in [-0.4, -0.2) is 16.6 Å². The van der Waals surface area contributed by atoms with E-state index < -0.39 is 0 Å². The molecule has 0 radical (unpaired) electrons. The van der Waals surface area contributed by atoms with Crippen LogP contribution in [0.2, 0.25) is 0 Å². The van der Waals surface area contributed by atoms with Gasteiger partial charge in [0.05, 0.1) is 6.10 Å². The first kappa shape index (κ1) is 15.8. The minimum Gasteiger partial charge on any atom is -0.490 e. The highest BCUT2D eigenvalue weighted by molar-refractivity contribution is 7.07. The summed E-state index contributed by atoms with van der Waals surface area (Å²) in [5.74, 6) is 0.560. The highest BCUT2D eigenvalue weighted by atomic mass is 32.1. The molecule has 3 rings (SSSR count). The maximum Gasteiger partial charge on any atom is 0.307 e. The lowest BCUT2D eigenvalue weighted by Crippen LogP contribution is -2.25. The quantitative estimate of drug-likeness (QED) is 0.915. The summed E-state index contributed by atoms with van der Waals surface area (Å²) in [4.78, 5) is 23.7. The average molecular weight is 332 g/mol. The fourth-order valence-electron chi connectivity index (χ4n) is 2.79. The van der Waals surface area contributed by atoms with E-state index in [2.05, 4.69) is 5.32 Å². The van der Waals surface area contributed by atoms with Crippen LogP contribution < -0.4 is 14.9 Å². The molecule has 0 aliphatic heterocycles. The number of aryl methyl sites for hydroxylation is 1. The van der Waals surface area contributed by atoms with Crippen molar-refractivity contribution in [1.82, 2.24) is 4.57 Å². The van der Waals surface area contributed by atoms with Crippen molar-refractivity contribution in [1.29, 1.82) is 0 Å². The Hall–Kier alpha value is -2.08. The fourth-order valence-corrected chi connectivity index (χ4v) is 3.52. The van der Waals surface area contributed by atoms with E-state index in [1.807, 2.05) is 31.2 Å². The lowest BCUT2D eigenvalue weighted by molar-refractivity contribution is -0.116. The van der Waals surface area contributed by atoms with E-state index in [9.17, 15) is 9.59 Å². The monoisotopic (exact) mass is 332 g/mol. The zero-order valence-electron chi connectivity index (χ0n) is 13.1. The average Bonchev–Trinajstić information content (AvgIpc) is 3.13. The van der Waals surface area contributed by atoms with Crippen LogP contribution in [0.1, 0.15) is 31.4 Å². The zero-order valence-corrected chi connectivity index (χ0v) is 13.9. The molecule has 1 heterocycles. The molecule has 1 aromatic carbocycles. The number of ether oxygens (including phenoxy) is 1. The van der Waals surface area contributed by atoms with E-state index in [1.165, 1.54) is 17.4 Å². The summed E-state index contributed by atoms with van der Waals surface area (Å²) in [5.41, 5.74) is 1.49. The molecule has 1 fully saturated rings. The van der Waals surface area contributed by atoms with Crippen molar-refractivity contribution in [2.75, 3.05) is 5.32 Å². The van der Waals surface area contributed by atoms with E-state index in [4.69, 9.17) is 4.74 Å². The van der Waals surface area contributed by atoms with Gasteiger partial charge in [0.1, 0.15) is 12.3 Å². The van der Waals surface area contributed by atoms with E-state index in [-0.39, 0.29) is 23.4 Å². The van der Waals surface area contributed by atoms with E-state index in [1.54, 1.807) is 5.38 Å². The van der Waals surface area contributed by atoms with Crippen LogP contribution in [0.5, 0.6) is 5.75 Å². The zero-order chi connectivity index (χ0) is 16.2. The van der Waals surface area contributed by atoms with Gasteiger partial charge in [-0.05, 0) is 44.7 Å². The van der Waals surface area contributed by atoms with Gasteiger partial charge in [-0.3, -0.25) is 14.2 Å². The van der Waals surface area contributed by atoms with Gasteiger partial charge in [-0.1, -0.05) is 17.4 Å². The second kappa shape index (κ2) is 7.00. The second-order valence-corrected chi connectivity index (χ2v) is 6.65. The van der Waals surface area contributed by atoms with Gasteiger partial charge in [0.2, 0.25) is 5.91 Å². The predicted octanol–water partition coefficient (Wildman–Crippen LogP) is 3.18. The number of anilines is 1. The highest BCUT2D eigenvalue weighted by Crippen LogP contribution is 2.25. The number of carbonyl (C=O) groups excluding carboxylic acids is 1. The molecule has 1 N–H and O–H groups in total. The molecule has 0 unspecified atom stereocenters. The lowest BCUT2D eigenvalue weighted by atomic mass is 10.2. The van der Waals surface area contributed by atoms with Gasteiger partial charge in [-0.25, -0.2) is 0 Å². The number of amides is 1. The fraction of sp³-hybridized carbons (Fsp3) is 0.412. The number of nitrogens with zero attached hydrogens (tertiary/aromatic N) is 1. The Morgan fingerprint density at radius 1 is 1.39 bits per heavy atom. The topological polar surface area (TPSA) is 60.3 Å². The molecular formula is C17H20N2O3S. The number of benzene rings is 1. The van der Waals surface area contributed by atoms with Crippen molar-refractivity contribution in [3.63, 3.8) is 0 Å². The summed E-state index contributed by atoms with van der Waals surface area (Å²) in [7, 11) is 0. The van der Waals surface area contributed by atoms with Gasteiger partial charge in [-0.2, -0.15) is 0 Å². The van der Waals surface area contributed by atoms with Gasteiger partial charge in [0.15, 0.2) is 0 Å². The van der Waals surface area contributed by atoms with E-state index in [0.29, 0.717) is 5.69 Å². The van der Waals surface area contributed by atoms with E-state index in [0.717, 1.165) is 35.6 Å².